The molecule has 1 heterocycles. The van der Waals surface area contributed by atoms with E-state index in [9.17, 15) is 10.1 Å². The predicted octanol–water partition coefficient (Wildman–Crippen LogP) is 4.51. The van der Waals surface area contributed by atoms with Gasteiger partial charge in [-0.1, -0.05) is 40.2 Å². The second-order valence-electron chi connectivity index (χ2n) is 4.17. The fourth-order valence-corrected chi connectivity index (χ4v) is 2.42. The summed E-state index contributed by atoms with van der Waals surface area (Å²) in [6.07, 6.45) is 1.81. The molecule has 0 aliphatic carbocycles. The fourth-order valence-electron chi connectivity index (χ4n) is 2.16. The maximum absolute atomic E-state index is 11.0. The van der Waals surface area contributed by atoms with Gasteiger partial charge in [0.05, 0.1) is 4.92 Å². The maximum atomic E-state index is 11.0. The molecule has 0 unspecified atom stereocenters. The second-order valence-corrected chi connectivity index (χ2v) is 5.08. The van der Waals surface area contributed by atoms with Crippen molar-refractivity contribution in [2.24, 2.45) is 0 Å². The van der Waals surface area contributed by atoms with E-state index in [-0.39, 0.29) is 10.6 Å². The average molecular weight is 317 g/mol. The molecule has 94 valence electrons. The van der Waals surface area contributed by atoms with Crippen molar-refractivity contribution in [3.8, 4) is 11.1 Å². The van der Waals surface area contributed by atoms with E-state index in [1.54, 1.807) is 12.3 Å². The number of non-ortho nitro benzene ring substituents is 1. The zero-order chi connectivity index (χ0) is 13.4. The molecule has 3 rings (SSSR count). The third-order valence-electron chi connectivity index (χ3n) is 3.05. The molecule has 0 aliphatic heterocycles. The minimum absolute atomic E-state index is 0.0980. The van der Waals surface area contributed by atoms with Gasteiger partial charge in [-0.2, -0.15) is 0 Å². The monoisotopic (exact) mass is 316 g/mol. The number of H-pyrrole nitrogens is 1. The van der Waals surface area contributed by atoms with Crippen LogP contribution in [-0.4, -0.2) is 9.91 Å². The summed E-state index contributed by atoms with van der Waals surface area (Å²) in [4.78, 5) is 13.6. The SMILES string of the molecule is O=[N+]([O-])c1cccc2c(-c3ccc(Br)cc3)c[nH]c12. The number of nitrogens with one attached hydrogen (secondary N) is 1. The van der Waals surface area contributed by atoms with Crippen molar-refractivity contribution >= 4 is 32.5 Å². The molecule has 1 aromatic heterocycles. The number of rotatable bonds is 2. The number of hydrogen-bond acceptors (Lipinski definition) is 2. The van der Waals surface area contributed by atoms with Gasteiger partial charge in [0, 0.05) is 27.7 Å². The number of nitro benzene ring substituents is 1. The van der Waals surface area contributed by atoms with E-state index >= 15 is 0 Å². The molecule has 19 heavy (non-hydrogen) atoms. The van der Waals surface area contributed by atoms with Crippen molar-refractivity contribution < 1.29 is 4.92 Å². The van der Waals surface area contributed by atoms with E-state index in [4.69, 9.17) is 0 Å². The highest BCUT2D eigenvalue weighted by atomic mass is 79.9. The molecule has 5 heteroatoms. The Labute approximate surface area is 117 Å². The lowest BCUT2D eigenvalue weighted by Gasteiger charge is -2.00. The number of para-hydroxylation sites is 1. The minimum Gasteiger partial charge on any atom is -0.355 e. The van der Waals surface area contributed by atoms with Gasteiger partial charge < -0.3 is 4.98 Å². The van der Waals surface area contributed by atoms with Crippen LogP contribution in [0.5, 0.6) is 0 Å². The molecule has 0 radical (unpaired) electrons. The molecule has 3 aromatic rings. The highest BCUT2D eigenvalue weighted by Crippen LogP contribution is 2.33. The van der Waals surface area contributed by atoms with Crippen LogP contribution >= 0.6 is 15.9 Å². The molecule has 0 amide bonds. The topological polar surface area (TPSA) is 58.9 Å². The second kappa shape index (κ2) is 4.51. The van der Waals surface area contributed by atoms with Crippen LogP contribution < -0.4 is 0 Å². The fraction of sp³-hybridized carbons (Fsp3) is 0. The highest BCUT2D eigenvalue weighted by molar-refractivity contribution is 9.10. The van der Waals surface area contributed by atoms with Crippen molar-refractivity contribution in [3.63, 3.8) is 0 Å². The third kappa shape index (κ3) is 2.02. The average Bonchev–Trinajstić information content (AvgIpc) is 2.83. The summed E-state index contributed by atoms with van der Waals surface area (Å²) in [7, 11) is 0. The molecule has 0 saturated heterocycles. The molecule has 0 saturated carbocycles. The van der Waals surface area contributed by atoms with E-state index in [0.717, 1.165) is 21.0 Å². The van der Waals surface area contributed by atoms with Crippen molar-refractivity contribution in [3.05, 3.63) is 63.2 Å². The molecule has 2 aromatic carbocycles. The molecular formula is C14H9BrN2O2. The number of fused-ring (bicyclic) bond motifs is 1. The first-order valence-electron chi connectivity index (χ1n) is 5.67. The van der Waals surface area contributed by atoms with Crippen LogP contribution in [0.3, 0.4) is 0 Å². The summed E-state index contributed by atoms with van der Waals surface area (Å²) in [5.41, 5.74) is 2.65. The van der Waals surface area contributed by atoms with Gasteiger partial charge >= 0.3 is 0 Å². The Balaban J connectivity index is 2.24. The Hall–Kier alpha value is -2.14. The predicted molar refractivity (Wildman–Crippen MR) is 78.1 cm³/mol. The first-order chi connectivity index (χ1) is 9.16. The molecular weight excluding hydrogens is 308 g/mol. The van der Waals surface area contributed by atoms with Gasteiger partial charge in [0.1, 0.15) is 5.52 Å². The Morgan fingerprint density at radius 3 is 2.53 bits per heavy atom. The van der Waals surface area contributed by atoms with Gasteiger partial charge in [0.2, 0.25) is 0 Å². The third-order valence-corrected chi connectivity index (χ3v) is 3.57. The minimum atomic E-state index is -0.371. The standard InChI is InChI=1S/C14H9BrN2O2/c15-10-6-4-9(5-7-10)12-8-16-14-11(12)2-1-3-13(14)17(18)19/h1-8,16H. The largest absolute Gasteiger partial charge is 0.355 e. The maximum Gasteiger partial charge on any atom is 0.293 e. The van der Waals surface area contributed by atoms with E-state index < -0.39 is 0 Å². The number of halogens is 1. The Kier molecular flexibility index (Phi) is 2.83. The first-order valence-corrected chi connectivity index (χ1v) is 6.46. The Morgan fingerprint density at radius 2 is 1.84 bits per heavy atom. The van der Waals surface area contributed by atoms with Gasteiger partial charge in [-0.3, -0.25) is 10.1 Å². The normalized spacial score (nSPS) is 10.8. The van der Waals surface area contributed by atoms with Gasteiger partial charge in [0.15, 0.2) is 0 Å². The number of aromatic amines is 1. The van der Waals surface area contributed by atoms with E-state index in [1.807, 2.05) is 30.3 Å². The highest BCUT2D eigenvalue weighted by Gasteiger charge is 2.15. The first kappa shape index (κ1) is 11.9. The van der Waals surface area contributed by atoms with Crippen molar-refractivity contribution in [2.45, 2.75) is 0 Å². The van der Waals surface area contributed by atoms with Crippen molar-refractivity contribution in [1.82, 2.24) is 4.98 Å². The number of hydrogen-bond donors (Lipinski definition) is 1. The number of nitrogens with zero attached hydrogens (tertiary/aromatic N) is 1. The molecule has 0 atom stereocenters. The van der Waals surface area contributed by atoms with Crippen LogP contribution in [0, 0.1) is 10.1 Å². The van der Waals surface area contributed by atoms with E-state index in [2.05, 4.69) is 20.9 Å². The summed E-state index contributed by atoms with van der Waals surface area (Å²) in [5, 5.41) is 11.8. The molecule has 0 fully saturated rings. The summed E-state index contributed by atoms with van der Waals surface area (Å²) in [5.74, 6) is 0. The lowest BCUT2D eigenvalue weighted by molar-refractivity contribution is -0.383. The molecule has 0 aliphatic rings. The summed E-state index contributed by atoms with van der Waals surface area (Å²) >= 11 is 3.39. The van der Waals surface area contributed by atoms with Crippen LogP contribution in [0.2, 0.25) is 0 Å². The Morgan fingerprint density at radius 1 is 1.11 bits per heavy atom. The number of aromatic nitrogens is 1. The van der Waals surface area contributed by atoms with Crippen LogP contribution in [0.25, 0.3) is 22.0 Å². The van der Waals surface area contributed by atoms with Crippen LogP contribution in [-0.2, 0) is 0 Å². The molecule has 4 nitrogen and oxygen atoms in total. The van der Waals surface area contributed by atoms with Gasteiger partial charge in [0.25, 0.3) is 5.69 Å². The lowest BCUT2D eigenvalue weighted by atomic mass is 10.0. The molecule has 0 spiro atoms. The van der Waals surface area contributed by atoms with E-state index in [1.165, 1.54) is 6.07 Å². The Bertz CT molecular complexity index is 763. The van der Waals surface area contributed by atoms with Gasteiger partial charge in [-0.05, 0) is 17.7 Å². The van der Waals surface area contributed by atoms with E-state index in [0.29, 0.717) is 5.52 Å². The van der Waals surface area contributed by atoms with Crippen LogP contribution in [0.15, 0.2) is 53.1 Å². The van der Waals surface area contributed by atoms with Crippen molar-refractivity contribution in [2.75, 3.05) is 0 Å². The van der Waals surface area contributed by atoms with Gasteiger partial charge in [-0.25, -0.2) is 0 Å². The van der Waals surface area contributed by atoms with Crippen LogP contribution in [0.1, 0.15) is 0 Å². The van der Waals surface area contributed by atoms with Gasteiger partial charge in [-0.15, -0.1) is 0 Å². The summed E-state index contributed by atoms with van der Waals surface area (Å²) in [6.45, 7) is 0. The smallest absolute Gasteiger partial charge is 0.293 e. The molecule has 0 bridgehead atoms. The number of benzene rings is 2. The summed E-state index contributed by atoms with van der Waals surface area (Å²) in [6, 6.07) is 12.9. The van der Waals surface area contributed by atoms with Crippen molar-refractivity contribution in [1.29, 1.82) is 0 Å². The zero-order valence-electron chi connectivity index (χ0n) is 9.76. The summed E-state index contributed by atoms with van der Waals surface area (Å²) < 4.78 is 1.00. The zero-order valence-corrected chi connectivity index (χ0v) is 11.3. The number of nitro groups is 1. The van der Waals surface area contributed by atoms with Crippen LogP contribution in [0.4, 0.5) is 5.69 Å². The quantitative estimate of drug-likeness (QED) is 0.558. The molecule has 1 N–H and O–H groups in total. The lowest BCUT2D eigenvalue weighted by Crippen LogP contribution is -1.88.